The molecule has 23 heavy (non-hydrogen) atoms. The lowest BCUT2D eigenvalue weighted by molar-refractivity contribution is -0.135. The molecule has 1 spiro atoms. The lowest BCUT2D eigenvalue weighted by Gasteiger charge is -2.45. The van der Waals surface area contributed by atoms with Crippen LogP contribution in [0.3, 0.4) is 0 Å². The molecule has 0 unspecified atom stereocenters. The molecular formula is C19H29ClN2O. The number of amides is 1. The van der Waals surface area contributed by atoms with Gasteiger partial charge in [0.1, 0.15) is 0 Å². The number of piperidine rings is 1. The van der Waals surface area contributed by atoms with Gasteiger partial charge < -0.3 is 10.6 Å². The maximum atomic E-state index is 12.6. The van der Waals surface area contributed by atoms with Crippen LogP contribution in [-0.2, 0) is 11.2 Å². The highest BCUT2D eigenvalue weighted by atomic mass is 35.5. The van der Waals surface area contributed by atoms with E-state index in [-0.39, 0.29) is 12.4 Å². The van der Waals surface area contributed by atoms with Crippen LogP contribution < -0.4 is 5.73 Å². The number of carbonyl (C=O) groups is 1. The first-order chi connectivity index (χ1) is 10.7. The van der Waals surface area contributed by atoms with E-state index in [9.17, 15) is 4.79 Å². The Morgan fingerprint density at radius 3 is 2.52 bits per heavy atom. The third-order valence-corrected chi connectivity index (χ3v) is 5.59. The van der Waals surface area contributed by atoms with E-state index in [1.54, 1.807) is 0 Å². The average Bonchev–Trinajstić information content (AvgIpc) is 2.54. The van der Waals surface area contributed by atoms with Crippen LogP contribution in [0, 0.1) is 5.41 Å². The van der Waals surface area contributed by atoms with Crippen molar-refractivity contribution < 1.29 is 4.79 Å². The van der Waals surface area contributed by atoms with Crippen molar-refractivity contribution >= 4 is 24.0 Å². The van der Waals surface area contributed by atoms with Gasteiger partial charge in [-0.15, -0.1) is 12.4 Å². The number of likely N-dealkylation sites (tertiary alicyclic amines) is 1. The monoisotopic (exact) mass is 336 g/mol. The van der Waals surface area contributed by atoms with E-state index in [1.807, 2.05) is 24.3 Å². The minimum absolute atomic E-state index is 0. The van der Waals surface area contributed by atoms with Crippen molar-refractivity contribution in [3.05, 3.63) is 29.8 Å². The quantitative estimate of drug-likeness (QED) is 0.841. The number of aryl methyl sites for hydroxylation is 1. The van der Waals surface area contributed by atoms with Gasteiger partial charge in [-0.2, -0.15) is 0 Å². The summed E-state index contributed by atoms with van der Waals surface area (Å²) >= 11 is 0. The molecule has 1 saturated carbocycles. The van der Waals surface area contributed by atoms with E-state index < -0.39 is 0 Å². The largest absolute Gasteiger partial charge is 0.399 e. The molecule has 1 aromatic rings. The van der Waals surface area contributed by atoms with Crippen LogP contribution in [0.25, 0.3) is 0 Å². The standard InChI is InChI=1S/C19H28N2O.ClH/c20-17-8-3-2-7-16(17)9-10-18(22)21-14-6-13-19(15-21)11-4-1-5-12-19;/h2-3,7-8H,1,4-6,9-15,20H2;1H. The number of nitrogens with zero attached hydrogens (tertiary/aromatic N) is 1. The molecule has 0 atom stereocenters. The van der Waals surface area contributed by atoms with Crippen LogP contribution in [0.5, 0.6) is 0 Å². The molecule has 1 aromatic carbocycles. The maximum Gasteiger partial charge on any atom is 0.222 e. The van der Waals surface area contributed by atoms with E-state index >= 15 is 0 Å². The summed E-state index contributed by atoms with van der Waals surface area (Å²) in [5.41, 5.74) is 8.32. The molecule has 4 heteroatoms. The van der Waals surface area contributed by atoms with E-state index in [4.69, 9.17) is 5.73 Å². The molecule has 3 nitrogen and oxygen atoms in total. The van der Waals surface area contributed by atoms with Gasteiger partial charge in [0.25, 0.3) is 0 Å². The first-order valence-corrected chi connectivity index (χ1v) is 8.80. The fourth-order valence-electron chi connectivity index (χ4n) is 4.29. The Hall–Kier alpha value is -1.22. The topological polar surface area (TPSA) is 46.3 Å². The van der Waals surface area contributed by atoms with Crippen LogP contribution in [0.2, 0.25) is 0 Å². The summed E-state index contributed by atoms with van der Waals surface area (Å²) in [5, 5.41) is 0. The molecule has 0 bridgehead atoms. The summed E-state index contributed by atoms with van der Waals surface area (Å²) in [5.74, 6) is 0.313. The van der Waals surface area contributed by atoms with Gasteiger partial charge in [-0.3, -0.25) is 4.79 Å². The first kappa shape index (κ1) is 18.1. The lowest BCUT2D eigenvalue weighted by atomic mass is 9.69. The summed E-state index contributed by atoms with van der Waals surface area (Å²) in [4.78, 5) is 14.7. The average molecular weight is 337 g/mol. The van der Waals surface area contributed by atoms with Gasteiger partial charge >= 0.3 is 0 Å². The highest BCUT2D eigenvalue weighted by Gasteiger charge is 2.37. The molecule has 1 aliphatic carbocycles. The van der Waals surface area contributed by atoms with Crippen molar-refractivity contribution in [1.82, 2.24) is 4.90 Å². The second-order valence-corrected chi connectivity index (χ2v) is 7.18. The zero-order valence-electron chi connectivity index (χ0n) is 13.9. The summed E-state index contributed by atoms with van der Waals surface area (Å²) < 4.78 is 0. The number of carbonyl (C=O) groups excluding carboxylic acids is 1. The van der Waals surface area contributed by atoms with Gasteiger partial charge in [0.05, 0.1) is 0 Å². The highest BCUT2D eigenvalue weighted by molar-refractivity contribution is 5.85. The molecule has 1 saturated heterocycles. The Morgan fingerprint density at radius 2 is 1.78 bits per heavy atom. The summed E-state index contributed by atoms with van der Waals surface area (Å²) in [6.07, 6.45) is 10.6. The Labute approximate surface area is 146 Å². The fraction of sp³-hybridized carbons (Fsp3) is 0.632. The highest BCUT2D eigenvalue weighted by Crippen LogP contribution is 2.43. The zero-order valence-corrected chi connectivity index (χ0v) is 14.7. The molecule has 1 heterocycles. The number of nitrogen functional groups attached to an aromatic ring is 1. The van der Waals surface area contributed by atoms with E-state index in [0.717, 1.165) is 30.8 Å². The maximum absolute atomic E-state index is 12.6. The molecule has 128 valence electrons. The third kappa shape index (κ3) is 4.41. The van der Waals surface area contributed by atoms with Crippen molar-refractivity contribution in [2.45, 2.75) is 57.8 Å². The van der Waals surface area contributed by atoms with Gasteiger partial charge in [-0.25, -0.2) is 0 Å². The van der Waals surface area contributed by atoms with Gasteiger partial charge in [0.2, 0.25) is 5.91 Å². The van der Waals surface area contributed by atoms with Crippen LogP contribution in [0.1, 0.15) is 56.9 Å². The van der Waals surface area contributed by atoms with Crippen LogP contribution >= 0.6 is 12.4 Å². The predicted molar refractivity (Wildman–Crippen MR) is 97.8 cm³/mol. The summed E-state index contributed by atoms with van der Waals surface area (Å²) in [6, 6.07) is 7.88. The number of nitrogens with two attached hydrogens (primary N) is 1. The Kier molecular flexibility index (Phi) is 6.34. The van der Waals surface area contributed by atoms with Crippen molar-refractivity contribution in [2.75, 3.05) is 18.8 Å². The molecule has 0 radical (unpaired) electrons. The third-order valence-electron chi connectivity index (χ3n) is 5.59. The number of halogens is 1. The SMILES string of the molecule is Cl.Nc1ccccc1CCC(=O)N1CCCC2(CCCCC2)C1. The second-order valence-electron chi connectivity index (χ2n) is 7.18. The smallest absolute Gasteiger partial charge is 0.222 e. The molecule has 2 fully saturated rings. The van der Waals surface area contributed by atoms with Gasteiger partial charge in [0, 0.05) is 25.2 Å². The van der Waals surface area contributed by atoms with Crippen LogP contribution in [-0.4, -0.2) is 23.9 Å². The van der Waals surface area contributed by atoms with E-state index in [1.165, 1.54) is 44.9 Å². The number of anilines is 1. The Bertz CT molecular complexity index is 520. The van der Waals surface area contributed by atoms with E-state index in [2.05, 4.69) is 4.90 Å². The lowest BCUT2D eigenvalue weighted by Crippen LogP contribution is -2.47. The van der Waals surface area contributed by atoms with Crippen molar-refractivity contribution in [1.29, 1.82) is 0 Å². The molecule has 1 amide bonds. The van der Waals surface area contributed by atoms with Gasteiger partial charge in [-0.05, 0) is 49.1 Å². The molecule has 1 aliphatic heterocycles. The zero-order chi connectivity index (χ0) is 15.4. The molecule has 2 aliphatic rings. The number of hydrogen-bond donors (Lipinski definition) is 1. The predicted octanol–water partition coefficient (Wildman–Crippen LogP) is 4.20. The Morgan fingerprint density at radius 1 is 1.09 bits per heavy atom. The number of para-hydroxylation sites is 1. The molecule has 2 N–H and O–H groups in total. The summed E-state index contributed by atoms with van der Waals surface area (Å²) in [6.45, 7) is 1.95. The summed E-state index contributed by atoms with van der Waals surface area (Å²) in [7, 11) is 0. The fourth-order valence-corrected chi connectivity index (χ4v) is 4.29. The molecule has 0 aromatic heterocycles. The minimum Gasteiger partial charge on any atom is -0.399 e. The Balaban J connectivity index is 0.00000192. The van der Waals surface area contributed by atoms with E-state index in [0.29, 0.717) is 17.7 Å². The molecular weight excluding hydrogens is 308 g/mol. The number of benzene rings is 1. The van der Waals surface area contributed by atoms with Crippen LogP contribution in [0.4, 0.5) is 5.69 Å². The normalized spacial score (nSPS) is 20.1. The first-order valence-electron chi connectivity index (χ1n) is 8.80. The second kappa shape index (κ2) is 8.05. The minimum atomic E-state index is 0. The van der Waals surface area contributed by atoms with Crippen LogP contribution in [0.15, 0.2) is 24.3 Å². The van der Waals surface area contributed by atoms with Crippen molar-refractivity contribution in [3.8, 4) is 0 Å². The van der Waals surface area contributed by atoms with Crippen molar-refractivity contribution in [3.63, 3.8) is 0 Å². The van der Waals surface area contributed by atoms with Gasteiger partial charge in [-0.1, -0.05) is 37.5 Å². The molecule has 3 rings (SSSR count). The van der Waals surface area contributed by atoms with Gasteiger partial charge in [0.15, 0.2) is 0 Å². The number of hydrogen-bond acceptors (Lipinski definition) is 2. The number of rotatable bonds is 3. The van der Waals surface area contributed by atoms with Crippen molar-refractivity contribution in [2.24, 2.45) is 5.41 Å².